The molecule has 2 aliphatic heterocycles. The number of rotatable bonds is 33. The van der Waals surface area contributed by atoms with Gasteiger partial charge < -0.3 is 33.7 Å². The number of hydrogen-bond acceptors (Lipinski definition) is 9. The minimum absolute atomic E-state index is 0.150. The highest BCUT2D eigenvalue weighted by Gasteiger charge is 2.49. The number of thiophene rings is 1. The molecule has 430 valence electrons. The summed E-state index contributed by atoms with van der Waals surface area (Å²) in [6, 6.07) is 42.2. The molecular weight excluding hydrogens is 1040 g/mol. The largest absolute Gasteiger partial charge is 0.494 e. The monoisotopic (exact) mass is 1120 g/mol. The number of carboxylic acids is 1. The van der Waals surface area contributed by atoms with Crippen LogP contribution in [0.5, 0.6) is 11.5 Å². The molecule has 12 heteroatoms. The first-order valence-electron chi connectivity index (χ1n) is 30.2. The maximum Gasteiger partial charge on any atom is 0.346 e. The molecule has 0 saturated carbocycles. The van der Waals surface area contributed by atoms with Crippen molar-refractivity contribution in [3.05, 3.63) is 154 Å². The first-order chi connectivity index (χ1) is 40.0. The van der Waals surface area contributed by atoms with Gasteiger partial charge in [0, 0.05) is 46.7 Å². The number of benzene rings is 4. The second-order valence-corrected chi connectivity index (χ2v) is 22.8. The Hall–Kier alpha value is -7.62. The van der Waals surface area contributed by atoms with E-state index in [1.807, 2.05) is 34.1 Å². The second-order valence-electron chi connectivity index (χ2n) is 21.7. The zero-order valence-corrected chi connectivity index (χ0v) is 49.8. The number of nitriles is 1. The molecule has 4 aromatic carbocycles. The van der Waals surface area contributed by atoms with Crippen LogP contribution in [0, 0.1) is 23.2 Å². The number of furan rings is 1. The van der Waals surface area contributed by atoms with Gasteiger partial charge in [-0.05, 0) is 134 Å². The summed E-state index contributed by atoms with van der Waals surface area (Å²) in [4.78, 5) is 50.5. The zero-order valence-electron chi connectivity index (χ0n) is 49.0. The molecule has 8 rings (SSSR count). The summed E-state index contributed by atoms with van der Waals surface area (Å²) in [6.45, 7) is 15.6. The van der Waals surface area contributed by atoms with Crippen molar-refractivity contribution in [3.8, 4) is 39.3 Å². The molecule has 2 aromatic heterocycles. The van der Waals surface area contributed by atoms with Crippen LogP contribution in [0.3, 0.4) is 0 Å². The van der Waals surface area contributed by atoms with Gasteiger partial charge in [0.1, 0.15) is 34.7 Å². The van der Waals surface area contributed by atoms with Crippen molar-refractivity contribution in [3.63, 3.8) is 0 Å². The Labute approximate surface area is 490 Å². The number of ether oxygens (including phenoxy) is 2. The van der Waals surface area contributed by atoms with Gasteiger partial charge in [0.25, 0.3) is 11.8 Å². The van der Waals surface area contributed by atoms with E-state index in [0.717, 1.165) is 132 Å². The lowest BCUT2D eigenvalue weighted by Crippen LogP contribution is -2.34. The highest BCUT2D eigenvalue weighted by atomic mass is 32.1. The minimum Gasteiger partial charge on any atom is -0.494 e. The lowest BCUT2D eigenvalue weighted by atomic mass is 9.97. The lowest BCUT2D eigenvalue weighted by molar-refractivity contribution is -0.132. The summed E-state index contributed by atoms with van der Waals surface area (Å²) in [7, 11) is 0. The van der Waals surface area contributed by atoms with Gasteiger partial charge in [-0.15, -0.1) is 11.3 Å². The molecule has 0 radical (unpaired) electrons. The fourth-order valence-corrected chi connectivity index (χ4v) is 12.0. The Bertz CT molecular complexity index is 3160. The number of anilines is 3. The molecule has 2 amide bonds. The molecule has 82 heavy (non-hydrogen) atoms. The Morgan fingerprint density at radius 3 is 1.52 bits per heavy atom. The van der Waals surface area contributed by atoms with Crippen LogP contribution in [0.15, 0.2) is 142 Å². The third kappa shape index (κ3) is 14.7. The van der Waals surface area contributed by atoms with Crippen molar-refractivity contribution in [2.75, 3.05) is 31.2 Å². The number of carbonyl (C=O) groups is 3. The summed E-state index contributed by atoms with van der Waals surface area (Å²) >= 11 is 1.61. The Morgan fingerprint density at radius 2 is 1.04 bits per heavy atom. The van der Waals surface area contributed by atoms with Crippen LogP contribution < -0.4 is 14.4 Å². The average molecular weight is 1120 g/mol. The SMILES string of the molecule is CCCCCCOc1ccc(N(c2ccc(OCCCCCC)cc2)c2ccc(-c3ccc(C4=C5C(=O)N(CC(CC)CCCC)C(c6ccc(-c7ccc(/C=C(\C#N)C(=O)O)o7)cc6)=C5C(=O)N4CC(CC)CCCC)s3)cc2)cc1. The molecule has 2 unspecified atom stereocenters. The van der Waals surface area contributed by atoms with Crippen molar-refractivity contribution < 1.29 is 33.4 Å². The van der Waals surface area contributed by atoms with Gasteiger partial charge in [-0.1, -0.05) is 155 Å². The zero-order chi connectivity index (χ0) is 58.0. The number of amides is 2. The van der Waals surface area contributed by atoms with E-state index in [0.29, 0.717) is 54.6 Å². The smallest absolute Gasteiger partial charge is 0.346 e. The number of carbonyl (C=O) groups excluding carboxylic acids is 2. The quantitative estimate of drug-likeness (QED) is 0.0243. The van der Waals surface area contributed by atoms with Gasteiger partial charge in [0.15, 0.2) is 0 Å². The predicted molar refractivity (Wildman–Crippen MR) is 333 cm³/mol. The van der Waals surface area contributed by atoms with Crippen LogP contribution >= 0.6 is 11.3 Å². The first kappa shape index (κ1) is 60.5. The fraction of sp³-hybridized carbons (Fsp3) is 0.400. The Balaban J connectivity index is 1.16. The third-order valence-corrected chi connectivity index (χ3v) is 17.0. The van der Waals surface area contributed by atoms with E-state index in [9.17, 15) is 15.2 Å². The molecule has 2 aliphatic rings. The van der Waals surface area contributed by atoms with Crippen molar-refractivity contribution in [1.82, 2.24) is 9.80 Å². The average Bonchev–Trinajstić information content (AvgIpc) is 3.86. The normalized spacial score (nSPS) is 14.2. The van der Waals surface area contributed by atoms with Gasteiger partial charge in [0.2, 0.25) is 0 Å². The molecular formula is C70H82N4O7S. The molecule has 1 N–H and O–H groups in total. The fourth-order valence-electron chi connectivity index (χ4n) is 11.0. The van der Waals surface area contributed by atoms with Crippen LogP contribution in [0.2, 0.25) is 0 Å². The molecule has 0 aliphatic carbocycles. The molecule has 0 saturated heterocycles. The van der Waals surface area contributed by atoms with Crippen molar-refractivity contribution in [1.29, 1.82) is 5.26 Å². The van der Waals surface area contributed by atoms with E-state index in [1.54, 1.807) is 29.5 Å². The van der Waals surface area contributed by atoms with Crippen LogP contribution in [0.4, 0.5) is 17.1 Å². The molecule has 0 bridgehead atoms. The van der Waals surface area contributed by atoms with Crippen molar-refractivity contribution >= 4 is 63.7 Å². The van der Waals surface area contributed by atoms with E-state index in [1.165, 1.54) is 31.8 Å². The number of unbranched alkanes of at least 4 members (excludes halogenated alkanes) is 8. The number of fused-ring (bicyclic) bond motifs is 1. The summed E-state index contributed by atoms with van der Waals surface area (Å²) in [5.41, 5.74) is 7.28. The van der Waals surface area contributed by atoms with Gasteiger partial charge >= 0.3 is 5.97 Å². The van der Waals surface area contributed by atoms with Gasteiger partial charge in [-0.3, -0.25) is 9.59 Å². The molecule has 2 atom stereocenters. The minimum atomic E-state index is -1.33. The predicted octanol–water partition coefficient (Wildman–Crippen LogP) is 18.3. The molecule has 0 fully saturated rings. The number of hydrogen-bond donors (Lipinski definition) is 1. The van der Waals surface area contributed by atoms with Gasteiger partial charge in [-0.2, -0.15) is 5.26 Å². The maximum absolute atomic E-state index is 15.5. The molecule has 6 aromatic rings. The second kappa shape index (κ2) is 29.9. The molecule has 0 spiro atoms. The third-order valence-electron chi connectivity index (χ3n) is 15.8. The maximum atomic E-state index is 15.5. The summed E-state index contributed by atoms with van der Waals surface area (Å²) < 4.78 is 18.3. The van der Waals surface area contributed by atoms with Crippen molar-refractivity contribution in [2.24, 2.45) is 11.8 Å². The molecule has 11 nitrogen and oxygen atoms in total. The standard InChI is InChI=1S/C70H82N4O7S/c1-7-13-17-19-43-79-58-35-31-56(32-36-58)74(57-33-37-59(38-34-57)80-44-20-18-14-8-2)55-29-27-52(28-30-55)62-41-42-63(82-62)67-65-64(68(75)73(67)48-50(12-6)22-16-10-4)66(72(69(65)76)47-49(11-5)21-15-9-3)53-25-23-51(24-26-53)61-40-39-60(81-61)45-54(46-71)70(77)78/h23-42,45,49-50H,7-22,43-44,47-48H2,1-6H3,(H,77,78)/b54-45+. The lowest BCUT2D eigenvalue weighted by Gasteiger charge is -2.29. The first-order valence-corrected chi connectivity index (χ1v) is 31.0. The van der Waals surface area contributed by atoms with Crippen LogP contribution in [-0.2, 0) is 14.4 Å². The number of aliphatic carboxylic acids is 1. The highest BCUT2D eigenvalue weighted by molar-refractivity contribution is 7.16. The summed E-state index contributed by atoms with van der Waals surface area (Å²) in [6.07, 6.45) is 18.3. The Morgan fingerprint density at radius 1 is 0.573 bits per heavy atom. The topological polar surface area (TPSA) is 137 Å². The van der Waals surface area contributed by atoms with Crippen LogP contribution in [0.25, 0.3) is 39.2 Å². The summed E-state index contributed by atoms with van der Waals surface area (Å²) in [5.74, 6) is 1.27. The van der Waals surface area contributed by atoms with E-state index < -0.39 is 11.5 Å². The van der Waals surface area contributed by atoms with E-state index >= 15 is 9.59 Å². The number of carboxylic acid groups (broad SMARTS) is 1. The van der Waals surface area contributed by atoms with Gasteiger partial charge in [0.05, 0.1) is 40.6 Å². The van der Waals surface area contributed by atoms with E-state index in [4.69, 9.17) is 13.9 Å². The Kier molecular flexibility index (Phi) is 22.1. The van der Waals surface area contributed by atoms with Crippen molar-refractivity contribution in [2.45, 2.75) is 144 Å². The summed E-state index contributed by atoms with van der Waals surface area (Å²) in [5, 5.41) is 18.7. The van der Waals surface area contributed by atoms with E-state index in [2.05, 4.69) is 131 Å². The van der Waals surface area contributed by atoms with Crippen LogP contribution in [0.1, 0.15) is 160 Å². The molecule has 4 heterocycles. The number of nitrogens with zero attached hydrogens (tertiary/aromatic N) is 4. The van der Waals surface area contributed by atoms with Crippen LogP contribution in [-0.4, -0.2) is 59.0 Å². The highest BCUT2D eigenvalue weighted by Crippen LogP contribution is 2.50. The van der Waals surface area contributed by atoms with Gasteiger partial charge in [-0.25, -0.2) is 4.79 Å². The van der Waals surface area contributed by atoms with E-state index in [-0.39, 0.29) is 29.4 Å².